The molecule has 4 rings (SSSR count). The van der Waals surface area contributed by atoms with Crippen LogP contribution in [0.1, 0.15) is 5.56 Å². The van der Waals surface area contributed by atoms with E-state index >= 15 is 0 Å². The van der Waals surface area contributed by atoms with E-state index in [1.807, 2.05) is 67.6 Å². The predicted octanol–water partition coefficient (Wildman–Crippen LogP) is 4.39. The van der Waals surface area contributed by atoms with Crippen LogP contribution < -0.4 is 4.80 Å². The molecule has 0 N–H and O–H groups in total. The van der Waals surface area contributed by atoms with E-state index in [1.54, 1.807) is 24.3 Å². The zero-order chi connectivity index (χ0) is 19.6. The predicted molar refractivity (Wildman–Crippen MR) is 111 cm³/mol. The second kappa shape index (κ2) is 7.53. The molecule has 0 fully saturated rings. The van der Waals surface area contributed by atoms with Gasteiger partial charge in [0, 0.05) is 5.56 Å². The van der Waals surface area contributed by atoms with Crippen LogP contribution in [0.2, 0.25) is 0 Å². The minimum Gasteiger partial charge on any atom is -0.219 e. The van der Waals surface area contributed by atoms with E-state index in [0.717, 1.165) is 15.2 Å². The molecule has 1 aromatic heterocycles. The van der Waals surface area contributed by atoms with Crippen LogP contribution in [0.25, 0.3) is 10.6 Å². The third-order valence-electron chi connectivity index (χ3n) is 4.08. The van der Waals surface area contributed by atoms with Crippen molar-refractivity contribution in [1.29, 1.82) is 0 Å². The fourth-order valence-corrected chi connectivity index (χ4v) is 5.01. The van der Waals surface area contributed by atoms with Crippen LogP contribution in [0.4, 0.5) is 5.69 Å². The third-order valence-corrected chi connectivity index (χ3v) is 6.73. The molecule has 28 heavy (non-hydrogen) atoms. The Labute approximate surface area is 167 Å². The molecule has 140 valence electrons. The lowest BCUT2D eigenvalue weighted by atomic mass is 10.2. The molecule has 0 radical (unpaired) electrons. The van der Waals surface area contributed by atoms with E-state index in [1.165, 1.54) is 11.3 Å². The largest absolute Gasteiger partial charge is 0.285 e. The Bertz CT molecular complexity index is 1260. The second-order valence-corrected chi connectivity index (χ2v) is 8.89. The highest BCUT2D eigenvalue weighted by Gasteiger charge is 2.22. The first-order valence-corrected chi connectivity index (χ1v) is 10.9. The minimum atomic E-state index is -3.87. The van der Waals surface area contributed by atoms with Crippen molar-refractivity contribution in [2.45, 2.75) is 11.8 Å². The molecule has 0 aliphatic carbocycles. The maximum atomic E-state index is 13.2. The Kier molecular flexibility index (Phi) is 4.93. The van der Waals surface area contributed by atoms with Gasteiger partial charge in [-0.05, 0) is 31.2 Å². The second-order valence-electron chi connectivity index (χ2n) is 6.16. The zero-order valence-corrected chi connectivity index (χ0v) is 16.7. The van der Waals surface area contributed by atoms with Crippen molar-refractivity contribution in [2.75, 3.05) is 0 Å². The van der Waals surface area contributed by atoms with Crippen molar-refractivity contribution in [2.24, 2.45) is 4.99 Å². The lowest BCUT2D eigenvalue weighted by molar-refractivity contribution is 0.577. The lowest BCUT2D eigenvalue weighted by Crippen LogP contribution is -2.25. The standard InChI is InChI=1S/C21H17N3O2S2/c1-16-12-14-19(15-13-16)28(25,26)24-21(22-18-10-6-3-7-11-18)27-20(23-24)17-8-4-2-5-9-17/h2-15H,1H3. The summed E-state index contributed by atoms with van der Waals surface area (Å²) in [5, 5.41) is 4.99. The van der Waals surface area contributed by atoms with Crippen LogP contribution in [0, 0.1) is 6.92 Å². The van der Waals surface area contributed by atoms with Crippen LogP contribution in [0.5, 0.6) is 0 Å². The van der Waals surface area contributed by atoms with E-state index in [-0.39, 0.29) is 4.90 Å². The van der Waals surface area contributed by atoms with Crippen LogP contribution in [0.15, 0.2) is 94.8 Å². The Balaban J connectivity index is 1.94. The number of aryl methyl sites for hydroxylation is 1. The third kappa shape index (κ3) is 3.67. The van der Waals surface area contributed by atoms with Gasteiger partial charge in [-0.25, -0.2) is 4.99 Å². The monoisotopic (exact) mass is 407 g/mol. The molecule has 0 spiro atoms. The van der Waals surface area contributed by atoms with Gasteiger partial charge in [-0.2, -0.15) is 8.42 Å². The highest BCUT2D eigenvalue weighted by atomic mass is 32.2. The van der Waals surface area contributed by atoms with Crippen molar-refractivity contribution in [1.82, 2.24) is 9.19 Å². The smallest absolute Gasteiger partial charge is 0.219 e. The number of hydrogen-bond acceptors (Lipinski definition) is 5. The zero-order valence-electron chi connectivity index (χ0n) is 15.1. The van der Waals surface area contributed by atoms with Gasteiger partial charge in [0.05, 0.1) is 10.6 Å². The van der Waals surface area contributed by atoms with Crippen LogP contribution >= 0.6 is 11.3 Å². The van der Waals surface area contributed by atoms with Crippen molar-refractivity contribution >= 4 is 27.0 Å². The van der Waals surface area contributed by atoms with E-state index in [4.69, 9.17) is 0 Å². The molecule has 0 bridgehead atoms. The summed E-state index contributed by atoms with van der Waals surface area (Å²) >= 11 is 1.24. The summed E-state index contributed by atoms with van der Waals surface area (Å²) in [7, 11) is -3.87. The molecule has 4 aromatic rings. The molecule has 3 aromatic carbocycles. The van der Waals surface area contributed by atoms with Crippen LogP contribution in [0.3, 0.4) is 0 Å². The molecule has 0 amide bonds. The summed E-state index contributed by atoms with van der Waals surface area (Å²) < 4.78 is 27.5. The molecule has 0 aliphatic rings. The van der Waals surface area contributed by atoms with Gasteiger partial charge in [0.25, 0.3) is 10.0 Å². The Morgan fingerprint density at radius 1 is 0.857 bits per heavy atom. The van der Waals surface area contributed by atoms with Crippen LogP contribution in [-0.2, 0) is 10.0 Å². The van der Waals surface area contributed by atoms with Gasteiger partial charge >= 0.3 is 0 Å². The summed E-state index contributed by atoms with van der Waals surface area (Å²) in [4.78, 5) is 5.01. The number of aromatic nitrogens is 2. The molecule has 0 saturated carbocycles. The summed E-state index contributed by atoms with van der Waals surface area (Å²) in [5.74, 6) is 0. The normalized spacial score (nSPS) is 12.2. The number of nitrogens with zero attached hydrogens (tertiary/aromatic N) is 3. The molecule has 0 saturated heterocycles. The first kappa shape index (κ1) is 18.3. The molecule has 1 heterocycles. The van der Waals surface area contributed by atoms with E-state index in [0.29, 0.717) is 15.5 Å². The van der Waals surface area contributed by atoms with Crippen molar-refractivity contribution in [3.8, 4) is 10.6 Å². The summed E-state index contributed by atoms with van der Waals surface area (Å²) in [6.07, 6.45) is 0. The first-order valence-electron chi connectivity index (χ1n) is 8.62. The van der Waals surface area contributed by atoms with E-state index in [2.05, 4.69) is 10.1 Å². The number of benzene rings is 3. The van der Waals surface area contributed by atoms with Crippen molar-refractivity contribution in [3.05, 3.63) is 95.3 Å². The Hall–Kier alpha value is -3.03. The van der Waals surface area contributed by atoms with Crippen molar-refractivity contribution in [3.63, 3.8) is 0 Å². The maximum absolute atomic E-state index is 13.2. The topological polar surface area (TPSA) is 64.3 Å². The van der Waals surface area contributed by atoms with Gasteiger partial charge in [0.15, 0.2) is 0 Å². The first-order chi connectivity index (χ1) is 13.5. The molecule has 0 atom stereocenters. The summed E-state index contributed by atoms with van der Waals surface area (Å²) in [5.41, 5.74) is 2.50. The quantitative estimate of drug-likeness (QED) is 0.504. The fourth-order valence-electron chi connectivity index (χ4n) is 2.61. The van der Waals surface area contributed by atoms with Gasteiger partial charge in [-0.3, -0.25) is 0 Å². The Morgan fingerprint density at radius 2 is 1.46 bits per heavy atom. The van der Waals surface area contributed by atoms with E-state index < -0.39 is 10.0 Å². The number of rotatable bonds is 4. The SMILES string of the molecule is Cc1ccc(S(=O)(=O)n2nc(-c3ccccc3)sc2=Nc2ccccc2)cc1. The molecule has 7 heteroatoms. The maximum Gasteiger partial charge on any atom is 0.285 e. The summed E-state index contributed by atoms with van der Waals surface area (Å²) in [6, 6.07) is 25.5. The highest BCUT2D eigenvalue weighted by molar-refractivity contribution is 7.90. The fraction of sp³-hybridized carbons (Fsp3) is 0.0476. The highest BCUT2D eigenvalue weighted by Crippen LogP contribution is 2.22. The lowest BCUT2D eigenvalue weighted by Gasteiger charge is -2.04. The minimum absolute atomic E-state index is 0.178. The Morgan fingerprint density at radius 3 is 2.11 bits per heavy atom. The number of para-hydroxylation sites is 1. The average molecular weight is 408 g/mol. The molecular weight excluding hydrogens is 390 g/mol. The van der Waals surface area contributed by atoms with Gasteiger partial charge in [-0.15, -0.1) is 9.19 Å². The van der Waals surface area contributed by atoms with E-state index in [9.17, 15) is 8.42 Å². The molecule has 0 unspecified atom stereocenters. The van der Waals surface area contributed by atoms with Crippen LogP contribution in [-0.4, -0.2) is 17.6 Å². The van der Waals surface area contributed by atoms with Gasteiger partial charge in [0.1, 0.15) is 5.01 Å². The van der Waals surface area contributed by atoms with Crippen molar-refractivity contribution < 1.29 is 8.42 Å². The van der Waals surface area contributed by atoms with Gasteiger partial charge in [0.2, 0.25) is 4.80 Å². The van der Waals surface area contributed by atoms with Gasteiger partial charge in [-0.1, -0.05) is 77.6 Å². The molecular formula is C21H17N3O2S2. The number of hydrogen-bond donors (Lipinski definition) is 0. The summed E-state index contributed by atoms with van der Waals surface area (Å²) in [6.45, 7) is 1.91. The molecule has 5 nitrogen and oxygen atoms in total. The average Bonchev–Trinajstić information content (AvgIpc) is 3.14. The molecule has 0 aliphatic heterocycles. The van der Waals surface area contributed by atoms with Gasteiger partial charge < -0.3 is 0 Å².